The summed E-state index contributed by atoms with van der Waals surface area (Å²) in [6, 6.07) is 3.75. The first-order valence-electron chi connectivity index (χ1n) is 6.00. The summed E-state index contributed by atoms with van der Waals surface area (Å²) in [5.74, 6) is 0.336. The number of alkyl halides is 1. The summed E-state index contributed by atoms with van der Waals surface area (Å²) >= 11 is 3.71. The maximum atomic E-state index is 14.0. The fourth-order valence-electron chi connectivity index (χ4n) is 2.81. The minimum atomic E-state index is -0.0196. The predicted octanol–water partition coefficient (Wildman–Crippen LogP) is 4.86. The van der Waals surface area contributed by atoms with Crippen molar-refractivity contribution < 1.29 is 4.39 Å². The summed E-state index contributed by atoms with van der Waals surface area (Å²) in [4.78, 5) is 0.442. The molecule has 0 aliphatic heterocycles. The lowest BCUT2D eigenvalue weighted by Gasteiger charge is -2.29. The molecule has 0 bridgehead atoms. The molecule has 1 aromatic carbocycles. The molecule has 2 atom stereocenters. The van der Waals surface area contributed by atoms with Gasteiger partial charge in [-0.15, -0.1) is 0 Å². The Labute approximate surface area is 105 Å². The van der Waals surface area contributed by atoms with Gasteiger partial charge < -0.3 is 0 Å². The van der Waals surface area contributed by atoms with Crippen molar-refractivity contribution in [1.82, 2.24) is 0 Å². The Kier molecular flexibility index (Phi) is 3.68. The normalized spacial score (nSPS) is 25.8. The van der Waals surface area contributed by atoms with Gasteiger partial charge in [0.1, 0.15) is 5.82 Å². The molecule has 1 aromatic rings. The second kappa shape index (κ2) is 4.87. The van der Waals surface area contributed by atoms with Crippen LogP contribution in [-0.2, 0) is 0 Å². The highest BCUT2D eigenvalue weighted by Crippen LogP contribution is 2.40. The van der Waals surface area contributed by atoms with E-state index in [4.69, 9.17) is 0 Å². The average Bonchev–Trinajstić information content (AvgIpc) is 2.19. The molecule has 1 saturated carbocycles. The number of aryl methyl sites for hydroxylation is 2. The molecule has 88 valence electrons. The van der Waals surface area contributed by atoms with Gasteiger partial charge in [-0.05, 0) is 55.4 Å². The van der Waals surface area contributed by atoms with Crippen molar-refractivity contribution in [3.63, 3.8) is 0 Å². The van der Waals surface area contributed by atoms with Crippen molar-refractivity contribution >= 4 is 15.9 Å². The van der Waals surface area contributed by atoms with Crippen LogP contribution < -0.4 is 0 Å². The van der Waals surface area contributed by atoms with E-state index in [0.29, 0.717) is 10.7 Å². The van der Waals surface area contributed by atoms with E-state index in [-0.39, 0.29) is 5.82 Å². The van der Waals surface area contributed by atoms with Crippen LogP contribution >= 0.6 is 15.9 Å². The summed E-state index contributed by atoms with van der Waals surface area (Å²) in [6.07, 6.45) is 4.76. The minimum absolute atomic E-state index is 0.0196. The average molecular weight is 285 g/mol. The van der Waals surface area contributed by atoms with Gasteiger partial charge in [0.05, 0.1) is 0 Å². The summed E-state index contributed by atoms with van der Waals surface area (Å²) < 4.78 is 14.0. The van der Waals surface area contributed by atoms with Gasteiger partial charge in [0.2, 0.25) is 0 Å². The monoisotopic (exact) mass is 284 g/mol. The van der Waals surface area contributed by atoms with E-state index in [2.05, 4.69) is 22.0 Å². The molecule has 1 aliphatic rings. The summed E-state index contributed by atoms with van der Waals surface area (Å²) in [5.41, 5.74) is 3.06. The summed E-state index contributed by atoms with van der Waals surface area (Å²) in [6.45, 7) is 3.98. The number of hydrogen-bond acceptors (Lipinski definition) is 0. The van der Waals surface area contributed by atoms with E-state index in [1.807, 2.05) is 13.8 Å². The number of hydrogen-bond donors (Lipinski definition) is 0. The van der Waals surface area contributed by atoms with Crippen LogP contribution in [0.2, 0.25) is 0 Å². The van der Waals surface area contributed by atoms with Crippen LogP contribution in [0.15, 0.2) is 12.1 Å². The molecular weight excluding hydrogens is 267 g/mol. The van der Waals surface area contributed by atoms with Gasteiger partial charge in [-0.3, -0.25) is 0 Å². The van der Waals surface area contributed by atoms with Gasteiger partial charge in [0.25, 0.3) is 0 Å². The van der Waals surface area contributed by atoms with Gasteiger partial charge >= 0.3 is 0 Å². The van der Waals surface area contributed by atoms with E-state index in [1.54, 1.807) is 6.07 Å². The highest BCUT2D eigenvalue weighted by Gasteiger charge is 2.27. The van der Waals surface area contributed by atoms with Crippen LogP contribution in [0, 0.1) is 19.7 Å². The van der Waals surface area contributed by atoms with Crippen molar-refractivity contribution in [3.05, 3.63) is 34.6 Å². The summed E-state index contributed by atoms with van der Waals surface area (Å²) in [7, 11) is 0. The van der Waals surface area contributed by atoms with E-state index in [1.165, 1.54) is 12.8 Å². The molecule has 1 aliphatic carbocycles. The Morgan fingerprint density at radius 2 is 1.88 bits per heavy atom. The smallest absolute Gasteiger partial charge is 0.127 e. The zero-order valence-electron chi connectivity index (χ0n) is 9.89. The van der Waals surface area contributed by atoms with Gasteiger partial charge in [0.15, 0.2) is 0 Å². The Bertz CT molecular complexity index is 363. The molecule has 0 amide bonds. The zero-order chi connectivity index (χ0) is 11.7. The number of benzene rings is 1. The highest BCUT2D eigenvalue weighted by molar-refractivity contribution is 9.09. The molecule has 0 saturated heterocycles. The maximum Gasteiger partial charge on any atom is 0.127 e. The first-order valence-corrected chi connectivity index (χ1v) is 6.92. The zero-order valence-corrected chi connectivity index (χ0v) is 11.5. The second-order valence-electron chi connectivity index (χ2n) is 4.88. The van der Waals surface area contributed by atoms with Crippen molar-refractivity contribution in [1.29, 1.82) is 0 Å². The van der Waals surface area contributed by atoms with E-state index >= 15 is 0 Å². The molecule has 2 unspecified atom stereocenters. The van der Waals surface area contributed by atoms with Gasteiger partial charge in [-0.25, -0.2) is 4.39 Å². The standard InChI is InChI=1S/C14H18BrF/c1-9-7-10(2)14(13(16)8-9)11-5-3-4-6-12(11)15/h7-8,11-12H,3-6H2,1-2H3. The van der Waals surface area contributed by atoms with E-state index in [0.717, 1.165) is 29.5 Å². The fourth-order valence-corrected chi connectivity index (χ4v) is 3.66. The topological polar surface area (TPSA) is 0 Å². The van der Waals surface area contributed by atoms with Crippen LogP contribution in [0.3, 0.4) is 0 Å². The van der Waals surface area contributed by atoms with Crippen LogP contribution in [0.4, 0.5) is 4.39 Å². The maximum absolute atomic E-state index is 14.0. The SMILES string of the molecule is Cc1cc(C)c(C2CCCCC2Br)c(F)c1. The Hall–Kier alpha value is -0.370. The lowest BCUT2D eigenvalue weighted by atomic mass is 9.81. The molecule has 0 spiro atoms. The van der Waals surface area contributed by atoms with Crippen molar-refractivity contribution in [2.75, 3.05) is 0 Å². The lowest BCUT2D eigenvalue weighted by molar-refractivity contribution is 0.443. The lowest BCUT2D eigenvalue weighted by Crippen LogP contribution is -2.19. The van der Waals surface area contributed by atoms with Crippen LogP contribution in [0.1, 0.15) is 48.3 Å². The van der Waals surface area contributed by atoms with E-state index < -0.39 is 0 Å². The minimum Gasteiger partial charge on any atom is -0.207 e. The van der Waals surface area contributed by atoms with Gasteiger partial charge in [-0.2, -0.15) is 0 Å². The van der Waals surface area contributed by atoms with Crippen LogP contribution in [0.5, 0.6) is 0 Å². The third-order valence-corrected chi connectivity index (χ3v) is 4.63. The third kappa shape index (κ3) is 2.32. The fraction of sp³-hybridized carbons (Fsp3) is 0.571. The number of halogens is 2. The molecule has 2 heteroatoms. The molecule has 0 heterocycles. The Morgan fingerprint density at radius 3 is 2.50 bits per heavy atom. The predicted molar refractivity (Wildman–Crippen MR) is 69.8 cm³/mol. The van der Waals surface area contributed by atoms with Crippen molar-refractivity contribution in [2.45, 2.75) is 50.3 Å². The van der Waals surface area contributed by atoms with Crippen molar-refractivity contribution in [3.8, 4) is 0 Å². The molecule has 16 heavy (non-hydrogen) atoms. The molecular formula is C14H18BrF. The van der Waals surface area contributed by atoms with Gasteiger partial charge in [0, 0.05) is 4.83 Å². The molecule has 0 aromatic heterocycles. The Balaban J connectivity index is 2.38. The molecule has 0 nitrogen and oxygen atoms in total. The molecule has 0 N–H and O–H groups in total. The molecule has 0 radical (unpaired) electrons. The van der Waals surface area contributed by atoms with Gasteiger partial charge in [-0.1, -0.05) is 34.8 Å². The van der Waals surface area contributed by atoms with Crippen molar-refractivity contribution in [2.24, 2.45) is 0 Å². The van der Waals surface area contributed by atoms with Crippen LogP contribution in [0.25, 0.3) is 0 Å². The quantitative estimate of drug-likeness (QED) is 0.646. The molecule has 2 rings (SSSR count). The first kappa shape index (κ1) is 12.1. The Morgan fingerprint density at radius 1 is 1.19 bits per heavy atom. The largest absolute Gasteiger partial charge is 0.207 e. The third-order valence-electron chi connectivity index (χ3n) is 3.53. The van der Waals surface area contributed by atoms with E-state index in [9.17, 15) is 4.39 Å². The first-order chi connectivity index (χ1) is 7.59. The summed E-state index contributed by atoms with van der Waals surface area (Å²) in [5, 5.41) is 0. The van der Waals surface area contributed by atoms with Crippen LogP contribution in [-0.4, -0.2) is 4.83 Å². The number of rotatable bonds is 1. The highest BCUT2D eigenvalue weighted by atomic mass is 79.9. The second-order valence-corrected chi connectivity index (χ2v) is 6.06. The molecule has 1 fully saturated rings.